The minimum Gasteiger partial charge on any atom is -0.478 e. The molecule has 0 atom stereocenters. The zero-order chi connectivity index (χ0) is 16.5. The standard InChI is InChI=1S/C11H16N2O6S2/c1-11(2,20(3,16)17)7-13-21(18,19)9-5-4-8(6-12-9)10(14)15/h4-6,13H,7H2,1-3H3,(H,14,15). The van der Waals surface area contributed by atoms with Gasteiger partial charge in [-0.15, -0.1) is 0 Å². The van der Waals surface area contributed by atoms with Crippen molar-refractivity contribution in [3.05, 3.63) is 23.9 Å². The van der Waals surface area contributed by atoms with Crippen LogP contribution >= 0.6 is 0 Å². The van der Waals surface area contributed by atoms with Gasteiger partial charge in [-0.25, -0.2) is 31.3 Å². The minimum atomic E-state index is -4.01. The van der Waals surface area contributed by atoms with Crippen molar-refractivity contribution >= 4 is 25.8 Å². The van der Waals surface area contributed by atoms with Gasteiger partial charge in [-0.1, -0.05) is 0 Å². The van der Waals surface area contributed by atoms with Gasteiger partial charge in [0.25, 0.3) is 10.0 Å². The fraction of sp³-hybridized carbons (Fsp3) is 0.455. The van der Waals surface area contributed by atoms with E-state index in [1.807, 2.05) is 0 Å². The van der Waals surface area contributed by atoms with Gasteiger partial charge in [0.15, 0.2) is 14.9 Å². The van der Waals surface area contributed by atoms with E-state index in [-0.39, 0.29) is 17.1 Å². The third-order valence-electron chi connectivity index (χ3n) is 2.95. The van der Waals surface area contributed by atoms with Crippen LogP contribution in [0.3, 0.4) is 0 Å². The second-order valence-electron chi connectivity index (χ2n) is 5.05. The number of pyridine rings is 1. The zero-order valence-electron chi connectivity index (χ0n) is 11.7. The minimum absolute atomic E-state index is 0.148. The molecule has 0 amide bonds. The molecule has 0 aliphatic rings. The van der Waals surface area contributed by atoms with Gasteiger partial charge in [0.1, 0.15) is 0 Å². The maximum Gasteiger partial charge on any atom is 0.337 e. The molecular formula is C11H16N2O6S2. The number of hydrogen-bond donors (Lipinski definition) is 2. The quantitative estimate of drug-likeness (QED) is 0.740. The van der Waals surface area contributed by atoms with Gasteiger partial charge in [0, 0.05) is 19.0 Å². The molecule has 2 N–H and O–H groups in total. The average Bonchev–Trinajstić information content (AvgIpc) is 2.35. The highest BCUT2D eigenvalue weighted by atomic mass is 32.2. The van der Waals surface area contributed by atoms with Gasteiger partial charge in [0.2, 0.25) is 0 Å². The predicted octanol–water partition coefficient (Wildman–Crippen LogP) is -0.119. The summed E-state index contributed by atoms with van der Waals surface area (Å²) in [5, 5.41) is 8.33. The lowest BCUT2D eigenvalue weighted by atomic mass is 10.2. The van der Waals surface area contributed by atoms with Gasteiger partial charge >= 0.3 is 5.97 Å². The molecule has 118 valence electrons. The molecule has 10 heteroatoms. The predicted molar refractivity (Wildman–Crippen MR) is 75.3 cm³/mol. The number of aromatic carboxylic acids is 1. The highest BCUT2D eigenvalue weighted by Crippen LogP contribution is 2.15. The highest BCUT2D eigenvalue weighted by molar-refractivity contribution is 7.92. The zero-order valence-corrected chi connectivity index (χ0v) is 13.3. The van der Waals surface area contributed by atoms with Crippen molar-refractivity contribution in [2.24, 2.45) is 0 Å². The summed E-state index contributed by atoms with van der Waals surface area (Å²) in [6.45, 7) is 2.47. The van der Waals surface area contributed by atoms with Crippen molar-refractivity contribution in [3.8, 4) is 0 Å². The van der Waals surface area contributed by atoms with Crippen LogP contribution in [-0.2, 0) is 19.9 Å². The fourth-order valence-electron chi connectivity index (χ4n) is 1.14. The number of sulfone groups is 1. The van der Waals surface area contributed by atoms with Crippen molar-refractivity contribution in [1.82, 2.24) is 9.71 Å². The number of carboxylic acids is 1. The Morgan fingerprint density at radius 1 is 1.29 bits per heavy atom. The van der Waals surface area contributed by atoms with Crippen molar-refractivity contribution in [2.75, 3.05) is 12.8 Å². The summed E-state index contributed by atoms with van der Waals surface area (Å²) in [6.07, 6.45) is 1.93. The van der Waals surface area contributed by atoms with E-state index < -0.39 is 30.6 Å². The smallest absolute Gasteiger partial charge is 0.337 e. The third-order valence-corrected chi connectivity index (χ3v) is 6.42. The summed E-state index contributed by atoms with van der Waals surface area (Å²) in [7, 11) is -7.46. The summed E-state index contributed by atoms with van der Waals surface area (Å²) >= 11 is 0. The molecule has 1 rings (SSSR count). The Balaban J connectivity index is 2.95. The second kappa shape index (κ2) is 5.70. The summed E-state index contributed by atoms with van der Waals surface area (Å²) in [5.74, 6) is -1.22. The molecule has 1 aromatic rings. The van der Waals surface area contributed by atoms with Crippen molar-refractivity contribution in [2.45, 2.75) is 23.6 Å². The van der Waals surface area contributed by atoms with Gasteiger partial charge < -0.3 is 5.11 Å². The molecule has 0 fully saturated rings. The number of carboxylic acid groups (broad SMARTS) is 1. The molecular weight excluding hydrogens is 320 g/mol. The summed E-state index contributed by atoms with van der Waals surface area (Å²) in [4.78, 5) is 14.2. The van der Waals surface area contributed by atoms with Crippen LogP contribution in [0.15, 0.2) is 23.4 Å². The number of hydrogen-bond acceptors (Lipinski definition) is 6. The van der Waals surface area contributed by atoms with Gasteiger partial charge in [-0.05, 0) is 26.0 Å². The molecule has 0 saturated carbocycles. The monoisotopic (exact) mass is 336 g/mol. The van der Waals surface area contributed by atoms with E-state index in [0.717, 1.165) is 24.6 Å². The molecule has 0 bridgehead atoms. The summed E-state index contributed by atoms with van der Waals surface area (Å²) in [6, 6.07) is 2.14. The molecule has 0 saturated heterocycles. The van der Waals surface area contributed by atoms with Crippen LogP contribution in [0, 0.1) is 0 Å². The van der Waals surface area contributed by atoms with Gasteiger partial charge in [0.05, 0.1) is 10.3 Å². The van der Waals surface area contributed by atoms with Crippen LogP contribution in [0.25, 0.3) is 0 Å². The Labute approximate surface area is 123 Å². The number of nitrogens with zero attached hydrogens (tertiary/aromatic N) is 1. The van der Waals surface area contributed by atoms with Crippen molar-refractivity contribution in [3.63, 3.8) is 0 Å². The number of carbonyl (C=O) groups is 1. The summed E-state index contributed by atoms with van der Waals surface area (Å²) in [5.41, 5.74) is -0.148. The van der Waals surface area contributed by atoms with Crippen molar-refractivity contribution < 1.29 is 26.7 Å². The molecule has 0 unspecified atom stereocenters. The Kier molecular flexibility index (Phi) is 4.76. The van der Waals surface area contributed by atoms with Crippen LogP contribution in [0.5, 0.6) is 0 Å². The van der Waals surface area contributed by atoms with E-state index >= 15 is 0 Å². The highest BCUT2D eigenvalue weighted by Gasteiger charge is 2.32. The Morgan fingerprint density at radius 2 is 1.86 bits per heavy atom. The van der Waals surface area contributed by atoms with E-state index in [0.29, 0.717) is 0 Å². The second-order valence-corrected chi connectivity index (χ2v) is 9.41. The number of rotatable bonds is 6. The Bertz CT molecular complexity index is 735. The van der Waals surface area contributed by atoms with Crippen LogP contribution in [0.2, 0.25) is 0 Å². The van der Waals surface area contributed by atoms with E-state index in [4.69, 9.17) is 5.11 Å². The lowest BCUT2D eigenvalue weighted by molar-refractivity contribution is 0.0696. The maximum absolute atomic E-state index is 12.0. The first-order chi connectivity index (χ1) is 9.37. The first-order valence-corrected chi connectivity index (χ1v) is 9.13. The molecule has 0 aliphatic heterocycles. The van der Waals surface area contributed by atoms with Gasteiger partial charge in [-0.2, -0.15) is 0 Å². The van der Waals surface area contributed by atoms with Crippen molar-refractivity contribution in [1.29, 1.82) is 0 Å². The molecule has 21 heavy (non-hydrogen) atoms. The largest absolute Gasteiger partial charge is 0.478 e. The normalized spacial score (nSPS) is 13.1. The SMILES string of the molecule is CC(C)(CNS(=O)(=O)c1ccc(C(=O)O)cn1)S(C)(=O)=O. The first-order valence-electron chi connectivity index (χ1n) is 5.75. The first kappa shape index (κ1) is 17.5. The number of nitrogens with one attached hydrogen (secondary N) is 1. The molecule has 0 radical (unpaired) electrons. The molecule has 0 spiro atoms. The molecule has 8 nitrogen and oxygen atoms in total. The Hall–Kier alpha value is -1.52. The van der Waals surface area contributed by atoms with E-state index in [1.165, 1.54) is 13.8 Å². The van der Waals surface area contributed by atoms with E-state index in [2.05, 4.69) is 9.71 Å². The van der Waals surface area contributed by atoms with Crippen LogP contribution in [0.4, 0.5) is 0 Å². The van der Waals surface area contributed by atoms with Crippen LogP contribution in [0.1, 0.15) is 24.2 Å². The van der Waals surface area contributed by atoms with Crippen LogP contribution in [-0.4, -0.2) is 50.4 Å². The topological polar surface area (TPSA) is 130 Å². The molecule has 1 heterocycles. The lowest BCUT2D eigenvalue weighted by Crippen LogP contribution is -2.43. The third kappa shape index (κ3) is 4.22. The average molecular weight is 336 g/mol. The van der Waals surface area contributed by atoms with Gasteiger partial charge in [-0.3, -0.25) is 0 Å². The van der Waals surface area contributed by atoms with Crippen LogP contribution < -0.4 is 4.72 Å². The van der Waals surface area contributed by atoms with E-state index in [9.17, 15) is 21.6 Å². The fourth-order valence-corrected chi connectivity index (χ4v) is 2.70. The molecule has 0 aliphatic carbocycles. The Morgan fingerprint density at radius 3 is 2.24 bits per heavy atom. The maximum atomic E-state index is 12.0. The summed E-state index contributed by atoms with van der Waals surface area (Å²) < 4.78 is 47.8. The lowest BCUT2D eigenvalue weighted by Gasteiger charge is -2.22. The molecule has 0 aromatic carbocycles. The van der Waals surface area contributed by atoms with E-state index in [1.54, 1.807) is 0 Å². The number of sulfonamides is 1. The molecule has 1 aromatic heterocycles. The number of aromatic nitrogens is 1.